The first-order chi connectivity index (χ1) is 10.6. The summed E-state index contributed by atoms with van der Waals surface area (Å²) in [6.45, 7) is 0. The zero-order chi connectivity index (χ0) is 15.5. The number of fused-ring (bicyclic) bond motifs is 1. The maximum atomic E-state index is 12.0. The Bertz CT molecular complexity index is 876. The van der Waals surface area contributed by atoms with Crippen molar-refractivity contribution >= 4 is 63.6 Å². The largest absolute Gasteiger partial charge is 0.321 e. The standard InChI is InChI=1S/C15H9Cl2N3OS/c16-10-6-4-9(11(17)8-10)5-7-14(21)18-12-2-1-3-13-15(12)20-22-19-13/h1-8H,(H,18,21). The molecule has 0 atom stereocenters. The number of amides is 1. The predicted octanol–water partition coefficient (Wildman–Crippen LogP) is 4.65. The highest BCUT2D eigenvalue weighted by Gasteiger charge is 2.06. The summed E-state index contributed by atoms with van der Waals surface area (Å²) in [4.78, 5) is 12.0. The lowest BCUT2D eigenvalue weighted by Gasteiger charge is -2.02. The van der Waals surface area contributed by atoms with E-state index < -0.39 is 0 Å². The Kier molecular flexibility index (Phi) is 4.38. The Hall–Kier alpha value is -1.95. The van der Waals surface area contributed by atoms with Crippen LogP contribution in [0.5, 0.6) is 0 Å². The lowest BCUT2D eigenvalue weighted by atomic mass is 10.2. The van der Waals surface area contributed by atoms with E-state index in [1.807, 2.05) is 12.1 Å². The van der Waals surface area contributed by atoms with E-state index in [-0.39, 0.29) is 5.91 Å². The first kappa shape index (κ1) is 15.0. The van der Waals surface area contributed by atoms with Crippen LogP contribution in [0.25, 0.3) is 17.1 Å². The molecule has 110 valence electrons. The van der Waals surface area contributed by atoms with Crippen molar-refractivity contribution in [2.75, 3.05) is 5.32 Å². The van der Waals surface area contributed by atoms with Crippen LogP contribution in [-0.2, 0) is 4.79 Å². The summed E-state index contributed by atoms with van der Waals surface area (Å²) in [5.74, 6) is -0.272. The van der Waals surface area contributed by atoms with Crippen molar-refractivity contribution in [2.45, 2.75) is 0 Å². The molecule has 2 aromatic carbocycles. The molecule has 0 aliphatic heterocycles. The highest BCUT2D eigenvalue weighted by Crippen LogP contribution is 2.23. The third kappa shape index (κ3) is 3.27. The van der Waals surface area contributed by atoms with Gasteiger partial charge in [0.15, 0.2) is 0 Å². The van der Waals surface area contributed by atoms with Crippen LogP contribution in [0.15, 0.2) is 42.5 Å². The van der Waals surface area contributed by atoms with E-state index in [2.05, 4.69) is 14.1 Å². The van der Waals surface area contributed by atoms with Gasteiger partial charge < -0.3 is 5.32 Å². The second-order valence-corrected chi connectivity index (χ2v) is 5.80. The number of carbonyl (C=O) groups excluding carboxylic acids is 1. The summed E-state index contributed by atoms with van der Waals surface area (Å²) < 4.78 is 8.30. The van der Waals surface area contributed by atoms with Crippen molar-refractivity contribution in [3.8, 4) is 0 Å². The summed E-state index contributed by atoms with van der Waals surface area (Å²) in [5, 5.41) is 3.82. The molecule has 0 radical (unpaired) electrons. The molecule has 7 heteroatoms. The van der Waals surface area contributed by atoms with E-state index in [0.29, 0.717) is 21.2 Å². The number of hydrogen-bond acceptors (Lipinski definition) is 4. The van der Waals surface area contributed by atoms with Gasteiger partial charge in [-0.05, 0) is 35.9 Å². The zero-order valence-electron chi connectivity index (χ0n) is 11.1. The van der Waals surface area contributed by atoms with Gasteiger partial charge in [-0.1, -0.05) is 35.3 Å². The van der Waals surface area contributed by atoms with E-state index in [4.69, 9.17) is 23.2 Å². The van der Waals surface area contributed by atoms with Crippen LogP contribution < -0.4 is 5.32 Å². The van der Waals surface area contributed by atoms with E-state index in [0.717, 1.165) is 22.8 Å². The molecule has 0 aliphatic rings. The lowest BCUT2D eigenvalue weighted by molar-refractivity contribution is -0.111. The third-order valence-corrected chi connectivity index (χ3v) is 4.03. The van der Waals surface area contributed by atoms with Crippen LogP contribution in [0.2, 0.25) is 10.0 Å². The number of halogens is 2. The van der Waals surface area contributed by atoms with Gasteiger partial charge in [0.2, 0.25) is 5.91 Å². The number of anilines is 1. The Balaban J connectivity index is 1.77. The van der Waals surface area contributed by atoms with Crippen molar-refractivity contribution in [1.82, 2.24) is 8.75 Å². The quantitative estimate of drug-likeness (QED) is 0.700. The molecule has 1 N–H and O–H groups in total. The Morgan fingerprint density at radius 1 is 1.18 bits per heavy atom. The summed E-state index contributed by atoms with van der Waals surface area (Å²) in [6.07, 6.45) is 3.04. The van der Waals surface area contributed by atoms with Gasteiger partial charge in [-0.25, -0.2) is 0 Å². The average molecular weight is 350 g/mol. The smallest absolute Gasteiger partial charge is 0.248 e. The number of nitrogens with one attached hydrogen (secondary N) is 1. The van der Waals surface area contributed by atoms with Crippen molar-refractivity contribution in [2.24, 2.45) is 0 Å². The topological polar surface area (TPSA) is 54.9 Å². The van der Waals surface area contributed by atoms with E-state index >= 15 is 0 Å². The molecule has 0 unspecified atom stereocenters. The Morgan fingerprint density at radius 2 is 2.05 bits per heavy atom. The molecule has 1 heterocycles. The van der Waals surface area contributed by atoms with Gasteiger partial charge in [0, 0.05) is 16.1 Å². The van der Waals surface area contributed by atoms with Crippen molar-refractivity contribution in [1.29, 1.82) is 0 Å². The van der Waals surface area contributed by atoms with E-state index in [9.17, 15) is 4.79 Å². The SMILES string of the molecule is O=C(C=Cc1ccc(Cl)cc1Cl)Nc1cccc2nsnc12. The molecule has 0 spiro atoms. The van der Waals surface area contributed by atoms with Gasteiger partial charge in [0.1, 0.15) is 11.0 Å². The van der Waals surface area contributed by atoms with Crippen LogP contribution in [0.3, 0.4) is 0 Å². The first-order valence-corrected chi connectivity index (χ1v) is 7.77. The number of nitrogens with zero attached hydrogens (tertiary/aromatic N) is 2. The van der Waals surface area contributed by atoms with Crippen molar-refractivity contribution in [3.05, 3.63) is 58.1 Å². The number of rotatable bonds is 3. The fraction of sp³-hybridized carbons (Fsp3) is 0. The second kappa shape index (κ2) is 6.44. The fourth-order valence-corrected chi connectivity index (χ4v) is 2.90. The van der Waals surface area contributed by atoms with Gasteiger partial charge >= 0.3 is 0 Å². The van der Waals surface area contributed by atoms with Gasteiger partial charge in [0.25, 0.3) is 0 Å². The molecule has 0 saturated carbocycles. The summed E-state index contributed by atoms with van der Waals surface area (Å²) in [6, 6.07) is 10.5. The third-order valence-electron chi connectivity index (χ3n) is 2.92. The van der Waals surface area contributed by atoms with Gasteiger partial charge in [0.05, 0.1) is 17.4 Å². The maximum absolute atomic E-state index is 12.0. The second-order valence-electron chi connectivity index (χ2n) is 4.43. The number of aromatic nitrogens is 2. The number of hydrogen-bond donors (Lipinski definition) is 1. The predicted molar refractivity (Wildman–Crippen MR) is 91.5 cm³/mol. The molecule has 0 saturated heterocycles. The van der Waals surface area contributed by atoms with Crippen molar-refractivity contribution in [3.63, 3.8) is 0 Å². The molecule has 22 heavy (non-hydrogen) atoms. The monoisotopic (exact) mass is 349 g/mol. The van der Waals surface area contributed by atoms with Crippen LogP contribution in [0.1, 0.15) is 5.56 Å². The van der Waals surface area contributed by atoms with Crippen LogP contribution >= 0.6 is 34.9 Å². The van der Waals surface area contributed by atoms with Crippen molar-refractivity contribution < 1.29 is 4.79 Å². The van der Waals surface area contributed by atoms with E-state index in [1.54, 1.807) is 30.3 Å². The molecule has 3 rings (SSSR count). The summed E-state index contributed by atoms with van der Waals surface area (Å²) in [5.41, 5.74) is 2.78. The van der Waals surface area contributed by atoms with Gasteiger partial charge in [-0.2, -0.15) is 8.75 Å². The first-order valence-electron chi connectivity index (χ1n) is 6.29. The Labute approximate surface area is 140 Å². The summed E-state index contributed by atoms with van der Waals surface area (Å²) >= 11 is 13.0. The zero-order valence-corrected chi connectivity index (χ0v) is 13.4. The molecule has 4 nitrogen and oxygen atoms in total. The molecule has 1 aromatic heterocycles. The minimum Gasteiger partial charge on any atom is -0.321 e. The van der Waals surface area contributed by atoms with Gasteiger partial charge in [-0.3, -0.25) is 4.79 Å². The Morgan fingerprint density at radius 3 is 2.86 bits per heavy atom. The molecule has 0 aliphatic carbocycles. The van der Waals surface area contributed by atoms with E-state index in [1.165, 1.54) is 6.08 Å². The normalized spacial score (nSPS) is 11.2. The molecule has 3 aromatic rings. The van der Waals surface area contributed by atoms with Crippen LogP contribution in [0, 0.1) is 0 Å². The maximum Gasteiger partial charge on any atom is 0.248 e. The molecule has 0 fully saturated rings. The van der Waals surface area contributed by atoms with Crippen LogP contribution in [0.4, 0.5) is 5.69 Å². The highest BCUT2D eigenvalue weighted by atomic mass is 35.5. The van der Waals surface area contributed by atoms with Crippen LogP contribution in [-0.4, -0.2) is 14.7 Å². The minimum atomic E-state index is -0.272. The van der Waals surface area contributed by atoms with Gasteiger partial charge in [-0.15, -0.1) is 0 Å². The molecular weight excluding hydrogens is 341 g/mol. The molecular formula is C15H9Cl2N3OS. The molecule has 1 amide bonds. The minimum absolute atomic E-state index is 0.272. The summed E-state index contributed by atoms with van der Waals surface area (Å²) in [7, 11) is 0. The highest BCUT2D eigenvalue weighted by molar-refractivity contribution is 7.00. The molecule has 0 bridgehead atoms. The fourth-order valence-electron chi connectivity index (χ4n) is 1.88. The number of benzene rings is 2. The number of carbonyl (C=O) groups is 1. The lowest BCUT2D eigenvalue weighted by Crippen LogP contribution is -2.08. The average Bonchev–Trinajstić information content (AvgIpc) is 2.96.